The lowest BCUT2D eigenvalue weighted by atomic mass is 9.85. The molecule has 0 bridgehead atoms. The van der Waals surface area contributed by atoms with E-state index in [0.717, 1.165) is 39.1 Å². The Bertz CT molecular complexity index is 685. The maximum Gasteiger partial charge on any atom is 0.336 e. The third-order valence-electron chi connectivity index (χ3n) is 5.53. The molecule has 1 aromatic carbocycles. The monoisotopic (exact) mass is 358 g/mol. The van der Waals surface area contributed by atoms with Crippen molar-refractivity contribution in [2.24, 2.45) is 5.92 Å². The predicted octanol–water partition coefficient (Wildman–Crippen LogP) is 1.63. The number of hydrogen-bond donors (Lipinski definition) is 0. The van der Waals surface area contributed by atoms with Crippen molar-refractivity contribution in [1.29, 1.82) is 0 Å². The molecule has 2 amide bonds. The molecule has 0 atom stereocenters. The molecule has 1 aromatic rings. The zero-order valence-electron chi connectivity index (χ0n) is 14.6. The molecule has 0 unspecified atom stereocenters. The molecule has 2 heterocycles. The van der Waals surface area contributed by atoms with E-state index in [-0.39, 0.29) is 17.0 Å². The smallest absolute Gasteiger partial charge is 0.336 e. The summed E-state index contributed by atoms with van der Waals surface area (Å²) in [5, 5.41) is 0.612. The van der Waals surface area contributed by atoms with Gasteiger partial charge in [-0.05, 0) is 37.8 Å². The highest BCUT2D eigenvalue weighted by atomic mass is 16.7. The van der Waals surface area contributed by atoms with Crippen LogP contribution in [0.15, 0.2) is 24.3 Å². The highest BCUT2D eigenvalue weighted by Crippen LogP contribution is 2.30. The number of morpholine rings is 1. The highest BCUT2D eigenvalue weighted by molar-refractivity contribution is 6.20. The van der Waals surface area contributed by atoms with Gasteiger partial charge >= 0.3 is 5.97 Å². The molecular formula is C19H22N2O5. The summed E-state index contributed by atoms with van der Waals surface area (Å²) in [7, 11) is 0. The fraction of sp³-hybridized carbons (Fsp3) is 0.526. The second kappa shape index (κ2) is 7.17. The zero-order valence-corrected chi connectivity index (χ0v) is 14.6. The molecule has 0 aromatic heterocycles. The number of amides is 2. The second-order valence-electron chi connectivity index (χ2n) is 7.01. The van der Waals surface area contributed by atoms with Crippen LogP contribution in [-0.2, 0) is 14.4 Å². The molecule has 2 aliphatic heterocycles. The van der Waals surface area contributed by atoms with E-state index in [1.165, 1.54) is 0 Å². The van der Waals surface area contributed by atoms with Crippen molar-refractivity contribution in [3.8, 4) is 0 Å². The van der Waals surface area contributed by atoms with E-state index in [0.29, 0.717) is 23.9 Å². The number of carbonyl (C=O) groups excluding carboxylic acids is 3. The number of fused-ring (bicyclic) bond motifs is 1. The van der Waals surface area contributed by atoms with Crippen molar-refractivity contribution >= 4 is 17.8 Å². The summed E-state index contributed by atoms with van der Waals surface area (Å²) in [4.78, 5) is 44.7. The van der Waals surface area contributed by atoms with Crippen molar-refractivity contribution < 1.29 is 24.0 Å². The van der Waals surface area contributed by atoms with Crippen LogP contribution in [0, 0.1) is 5.92 Å². The Morgan fingerprint density at radius 1 is 0.962 bits per heavy atom. The van der Waals surface area contributed by atoms with Gasteiger partial charge in [0.1, 0.15) is 0 Å². The first-order valence-corrected chi connectivity index (χ1v) is 9.16. The lowest BCUT2D eigenvalue weighted by Crippen LogP contribution is -2.46. The Labute approximate surface area is 151 Å². The van der Waals surface area contributed by atoms with E-state index in [9.17, 15) is 14.4 Å². The molecule has 7 nitrogen and oxygen atoms in total. The average Bonchev–Trinajstić information content (AvgIpc) is 2.94. The molecule has 0 radical (unpaired) electrons. The van der Waals surface area contributed by atoms with E-state index in [1.807, 2.05) is 0 Å². The summed E-state index contributed by atoms with van der Waals surface area (Å²) in [6.45, 7) is 3.41. The first kappa shape index (κ1) is 17.2. The third-order valence-corrected chi connectivity index (χ3v) is 5.53. The summed E-state index contributed by atoms with van der Waals surface area (Å²) in [5.74, 6) is -1.89. The maximum atomic E-state index is 12.5. The predicted molar refractivity (Wildman–Crippen MR) is 91.2 cm³/mol. The number of benzene rings is 1. The fourth-order valence-corrected chi connectivity index (χ4v) is 4.03. The van der Waals surface area contributed by atoms with Gasteiger partial charge in [0.05, 0.1) is 30.3 Å². The summed E-state index contributed by atoms with van der Waals surface area (Å²) in [5.41, 5.74) is 0.558. The van der Waals surface area contributed by atoms with Gasteiger partial charge in [-0.2, -0.15) is 0 Å². The summed E-state index contributed by atoms with van der Waals surface area (Å²) < 4.78 is 5.39. The molecular weight excluding hydrogens is 336 g/mol. The van der Waals surface area contributed by atoms with E-state index in [2.05, 4.69) is 4.90 Å². The van der Waals surface area contributed by atoms with Gasteiger partial charge in [0.15, 0.2) is 0 Å². The minimum Gasteiger partial charge on any atom is -0.379 e. The van der Waals surface area contributed by atoms with Crippen LogP contribution < -0.4 is 0 Å². The van der Waals surface area contributed by atoms with Crippen LogP contribution >= 0.6 is 0 Å². The van der Waals surface area contributed by atoms with E-state index >= 15 is 0 Å². The minimum atomic E-state index is -0.569. The van der Waals surface area contributed by atoms with Crippen LogP contribution in [-0.4, -0.2) is 60.1 Å². The fourth-order valence-electron chi connectivity index (χ4n) is 4.03. The molecule has 7 heteroatoms. The molecule has 138 valence electrons. The van der Waals surface area contributed by atoms with Gasteiger partial charge in [-0.25, -0.2) is 4.79 Å². The highest BCUT2D eigenvalue weighted by Gasteiger charge is 2.40. The van der Waals surface area contributed by atoms with Gasteiger partial charge in [-0.15, -0.1) is 0 Å². The molecule has 3 aliphatic rings. The lowest BCUT2D eigenvalue weighted by Gasteiger charge is -2.38. The number of hydrogen-bond acceptors (Lipinski definition) is 6. The van der Waals surface area contributed by atoms with E-state index < -0.39 is 17.8 Å². The van der Waals surface area contributed by atoms with Crippen molar-refractivity contribution in [1.82, 2.24) is 9.96 Å². The largest absolute Gasteiger partial charge is 0.379 e. The number of hydroxylamine groups is 2. The number of rotatable bonds is 3. The third kappa shape index (κ3) is 3.12. The lowest BCUT2D eigenvalue weighted by molar-refractivity contribution is -0.175. The molecule has 2 fully saturated rings. The summed E-state index contributed by atoms with van der Waals surface area (Å²) >= 11 is 0. The topological polar surface area (TPSA) is 76.2 Å². The molecule has 1 saturated carbocycles. The SMILES string of the molecule is O=C(ON1C(=O)c2ccccc2C1=O)C1CCC(N2CCOCC2)CC1. The van der Waals surface area contributed by atoms with Gasteiger partial charge in [0.25, 0.3) is 11.8 Å². The maximum absolute atomic E-state index is 12.5. The number of carbonyl (C=O) groups is 3. The standard InChI is InChI=1S/C19H22N2O5/c22-17-15-3-1-2-4-16(15)18(23)21(17)26-19(24)13-5-7-14(8-6-13)20-9-11-25-12-10-20/h1-4,13-14H,5-12H2. The van der Waals surface area contributed by atoms with Crippen molar-refractivity contribution in [3.05, 3.63) is 35.4 Å². The number of imide groups is 1. The molecule has 0 N–H and O–H groups in total. The van der Waals surface area contributed by atoms with Gasteiger partial charge in [0.2, 0.25) is 0 Å². The van der Waals surface area contributed by atoms with Crippen LogP contribution in [0.4, 0.5) is 0 Å². The van der Waals surface area contributed by atoms with E-state index in [4.69, 9.17) is 9.57 Å². The molecule has 26 heavy (non-hydrogen) atoms. The van der Waals surface area contributed by atoms with Crippen molar-refractivity contribution in [2.45, 2.75) is 31.7 Å². The zero-order chi connectivity index (χ0) is 18.1. The quantitative estimate of drug-likeness (QED) is 0.765. The normalized spacial score (nSPS) is 26.7. The first-order valence-electron chi connectivity index (χ1n) is 9.16. The van der Waals surface area contributed by atoms with Crippen LogP contribution in [0.5, 0.6) is 0 Å². The second-order valence-corrected chi connectivity index (χ2v) is 7.01. The molecule has 4 rings (SSSR count). The van der Waals surface area contributed by atoms with Crippen molar-refractivity contribution in [3.63, 3.8) is 0 Å². The van der Waals surface area contributed by atoms with Crippen LogP contribution in [0.1, 0.15) is 46.4 Å². The Hall–Kier alpha value is -2.25. The van der Waals surface area contributed by atoms with Gasteiger partial charge in [-0.3, -0.25) is 14.5 Å². The van der Waals surface area contributed by atoms with E-state index in [1.54, 1.807) is 24.3 Å². The van der Waals surface area contributed by atoms with Crippen molar-refractivity contribution in [2.75, 3.05) is 26.3 Å². The summed E-state index contributed by atoms with van der Waals surface area (Å²) in [6.07, 6.45) is 3.26. The number of nitrogens with zero attached hydrogens (tertiary/aromatic N) is 2. The average molecular weight is 358 g/mol. The number of ether oxygens (including phenoxy) is 1. The summed E-state index contributed by atoms with van der Waals surface area (Å²) in [6, 6.07) is 6.97. The molecule has 1 aliphatic carbocycles. The Morgan fingerprint density at radius 2 is 1.54 bits per heavy atom. The Balaban J connectivity index is 1.34. The molecule has 1 saturated heterocycles. The minimum absolute atomic E-state index is 0.267. The Morgan fingerprint density at radius 3 is 2.12 bits per heavy atom. The van der Waals surface area contributed by atoms with Crippen LogP contribution in [0.25, 0.3) is 0 Å². The van der Waals surface area contributed by atoms with Gasteiger partial charge in [-0.1, -0.05) is 17.2 Å². The van der Waals surface area contributed by atoms with Crippen LogP contribution in [0.2, 0.25) is 0 Å². The first-order chi connectivity index (χ1) is 12.6. The van der Waals surface area contributed by atoms with Crippen LogP contribution in [0.3, 0.4) is 0 Å². The Kier molecular flexibility index (Phi) is 4.74. The van der Waals surface area contributed by atoms with Gasteiger partial charge in [0, 0.05) is 19.1 Å². The molecule has 0 spiro atoms. The van der Waals surface area contributed by atoms with Gasteiger partial charge < -0.3 is 9.57 Å².